The molecule has 0 amide bonds. The van der Waals surface area contributed by atoms with Crippen molar-refractivity contribution in [1.82, 2.24) is 9.97 Å². The van der Waals surface area contributed by atoms with Gasteiger partial charge < -0.3 is 10.1 Å². The predicted molar refractivity (Wildman–Crippen MR) is 80.3 cm³/mol. The molecule has 1 aromatic heterocycles. The van der Waals surface area contributed by atoms with Gasteiger partial charge in [0.2, 0.25) is 0 Å². The van der Waals surface area contributed by atoms with Crippen molar-refractivity contribution in [2.24, 2.45) is 0 Å². The van der Waals surface area contributed by atoms with Crippen molar-refractivity contribution < 1.29 is 5.11 Å². The molecule has 0 aliphatic carbocycles. The first kappa shape index (κ1) is 12.2. The third kappa shape index (κ3) is 2.24. The maximum atomic E-state index is 9.98. The summed E-state index contributed by atoms with van der Waals surface area (Å²) in [6.45, 7) is 2.12. The lowest BCUT2D eigenvalue weighted by Crippen LogP contribution is -1.81. The van der Waals surface area contributed by atoms with Crippen molar-refractivity contribution >= 4 is 27.0 Å². The Labute approximate surface area is 119 Å². The van der Waals surface area contributed by atoms with Crippen LogP contribution in [0.1, 0.15) is 12.5 Å². The van der Waals surface area contributed by atoms with E-state index in [2.05, 4.69) is 45.0 Å². The summed E-state index contributed by atoms with van der Waals surface area (Å²) in [5, 5.41) is 9.98. The van der Waals surface area contributed by atoms with E-state index in [1.165, 1.54) is 5.56 Å². The minimum Gasteiger partial charge on any atom is -0.507 e. The molecule has 3 aromatic rings. The van der Waals surface area contributed by atoms with E-state index in [0.717, 1.165) is 21.9 Å². The summed E-state index contributed by atoms with van der Waals surface area (Å²) in [7, 11) is 0. The Kier molecular flexibility index (Phi) is 3.03. The van der Waals surface area contributed by atoms with Crippen molar-refractivity contribution in [3.63, 3.8) is 0 Å². The van der Waals surface area contributed by atoms with Gasteiger partial charge in [-0.25, -0.2) is 4.98 Å². The number of benzene rings is 2. The molecule has 2 N–H and O–H groups in total. The Bertz CT molecular complexity index is 749. The number of hydrogen-bond donors (Lipinski definition) is 2. The average Bonchev–Trinajstić information content (AvgIpc) is 2.80. The van der Waals surface area contributed by atoms with Gasteiger partial charge in [-0.2, -0.15) is 0 Å². The molecule has 3 nitrogen and oxygen atoms in total. The van der Waals surface area contributed by atoms with Crippen LogP contribution >= 0.6 is 15.9 Å². The Morgan fingerprint density at radius 3 is 2.79 bits per heavy atom. The summed E-state index contributed by atoms with van der Waals surface area (Å²) >= 11 is 3.33. The molecule has 3 rings (SSSR count). The van der Waals surface area contributed by atoms with Crippen molar-refractivity contribution in [1.29, 1.82) is 0 Å². The number of aromatic hydroxyl groups is 1. The third-order valence-electron chi connectivity index (χ3n) is 3.17. The van der Waals surface area contributed by atoms with Crippen molar-refractivity contribution in [2.75, 3.05) is 0 Å². The third-order valence-corrected chi connectivity index (χ3v) is 3.66. The SMILES string of the molecule is CCc1ccc2nc(-c3ccc(Br)cc3O)[nH]c2c1. The van der Waals surface area contributed by atoms with Crippen LogP contribution in [0, 0.1) is 0 Å². The lowest BCUT2D eigenvalue weighted by Gasteiger charge is -2.01. The highest BCUT2D eigenvalue weighted by Gasteiger charge is 2.10. The van der Waals surface area contributed by atoms with Gasteiger partial charge in [-0.15, -0.1) is 0 Å². The first-order valence-corrected chi connectivity index (χ1v) is 6.94. The molecular formula is C15H13BrN2O. The molecule has 0 radical (unpaired) electrons. The Hall–Kier alpha value is -1.81. The first-order chi connectivity index (χ1) is 9.17. The predicted octanol–water partition coefficient (Wildman–Crippen LogP) is 4.26. The summed E-state index contributed by atoms with van der Waals surface area (Å²) in [6, 6.07) is 11.6. The normalized spacial score (nSPS) is 11.1. The molecule has 0 unspecified atom stereocenters. The average molecular weight is 317 g/mol. The summed E-state index contributed by atoms with van der Waals surface area (Å²) in [5.74, 6) is 0.900. The molecule has 19 heavy (non-hydrogen) atoms. The summed E-state index contributed by atoms with van der Waals surface area (Å²) in [5.41, 5.74) is 3.88. The molecule has 0 aliphatic rings. The standard InChI is InChI=1S/C15H13BrN2O/c1-2-9-3-6-12-13(7-9)18-15(17-12)11-5-4-10(16)8-14(11)19/h3-8,19H,2H2,1H3,(H,17,18). The molecule has 2 aromatic carbocycles. The number of aryl methyl sites for hydroxylation is 1. The van der Waals surface area contributed by atoms with Gasteiger partial charge in [0.15, 0.2) is 0 Å². The van der Waals surface area contributed by atoms with Gasteiger partial charge in [-0.3, -0.25) is 0 Å². The Morgan fingerprint density at radius 2 is 2.05 bits per heavy atom. The molecule has 1 heterocycles. The van der Waals surface area contributed by atoms with Crippen molar-refractivity contribution in [2.45, 2.75) is 13.3 Å². The van der Waals surface area contributed by atoms with E-state index in [1.54, 1.807) is 6.07 Å². The lowest BCUT2D eigenvalue weighted by molar-refractivity contribution is 0.476. The largest absolute Gasteiger partial charge is 0.507 e. The van der Waals surface area contributed by atoms with Crippen LogP contribution in [-0.2, 0) is 6.42 Å². The summed E-state index contributed by atoms with van der Waals surface area (Å²) in [6.07, 6.45) is 0.994. The van der Waals surface area contributed by atoms with Gasteiger partial charge in [0, 0.05) is 4.47 Å². The van der Waals surface area contributed by atoms with E-state index in [-0.39, 0.29) is 5.75 Å². The smallest absolute Gasteiger partial charge is 0.142 e. The van der Waals surface area contributed by atoms with Gasteiger partial charge in [0.25, 0.3) is 0 Å². The van der Waals surface area contributed by atoms with E-state index < -0.39 is 0 Å². The number of hydrogen-bond acceptors (Lipinski definition) is 2. The van der Waals surface area contributed by atoms with Crippen LogP contribution in [0.15, 0.2) is 40.9 Å². The number of phenols is 1. The number of nitrogens with zero attached hydrogens (tertiary/aromatic N) is 1. The quantitative estimate of drug-likeness (QED) is 0.742. The molecule has 4 heteroatoms. The fraction of sp³-hybridized carbons (Fsp3) is 0.133. The van der Waals surface area contributed by atoms with Gasteiger partial charge in [0.05, 0.1) is 16.6 Å². The van der Waals surface area contributed by atoms with Gasteiger partial charge >= 0.3 is 0 Å². The Balaban J connectivity index is 2.14. The second-order valence-corrected chi connectivity index (χ2v) is 5.37. The topological polar surface area (TPSA) is 48.9 Å². The summed E-state index contributed by atoms with van der Waals surface area (Å²) in [4.78, 5) is 7.78. The van der Waals surface area contributed by atoms with Crippen LogP contribution in [0.3, 0.4) is 0 Å². The highest BCUT2D eigenvalue weighted by Crippen LogP contribution is 2.31. The molecule has 0 atom stereocenters. The molecule has 0 fully saturated rings. The monoisotopic (exact) mass is 316 g/mol. The zero-order valence-corrected chi connectivity index (χ0v) is 12.0. The van der Waals surface area contributed by atoms with E-state index >= 15 is 0 Å². The summed E-state index contributed by atoms with van der Waals surface area (Å²) < 4.78 is 0.845. The number of fused-ring (bicyclic) bond motifs is 1. The molecule has 0 spiro atoms. The lowest BCUT2D eigenvalue weighted by atomic mass is 10.1. The van der Waals surface area contributed by atoms with Crippen molar-refractivity contribution in [3.8, 4) is 17.1 Å². The zero-order chi connectivity index (χ0) is 13.4. The number of rotatable bonds is 2. The van der Waals surface area contributed by atoms with Crippen molar-refractivity contribution in [3.05, 3.63) is 46.4 Å². The molecule has 0 bridgehead atoms. The van der Waals surface area contributed by atoms with Crippen LogP contribution in [0.4, 0.5) is 0 Å². The van der Waals surface area contributed by atoms with E-state index in [1.807, 2.05) is 18.2 Å². The van der Waals surface area contributed by atoms with Crippen LogP contribution in [0.25, 0.3) is 22.4 Å². The van der Waals surface area contributed by atoms with Crippen LogP contribution in [-0.4, -0.2) is 15.1 Å². The van der Waals surface area contributed by atoms with Crippen LogP contribution in [0.2, 0.25) is 0 Å². The number of imidazole rings is 1. The molecule has 96 valence electrons. The van der Waals surface area contributed by atoms with E-state index in [0.29, 0.717) is 11.4 Å². The number of aromatic nitrogens is 2. The van der Waals surface area contributed by atoms with Crippen LogP contribution in [0.5, 0.6) is 5.75 Å². The fourth-order valence-electron chi connectivity index (χ4n) is 2.11. The number of aromatic amines is 1. The Morgan fingerprint density at radius 1 is 1.21 bits per heavy atom. The fourth-order valence-corrected chi connectivity index (χ4v) is 2.46. The number of nitrogens with one attached hydrogen (secondary N) is 1. The molecule has 0 aliphatic heterocycles. The highest BCUT2D eigenvalue weighted by atomic mass is 79.9. The second-order valence-electron chi connectivity index (χ2n) is 4.45. The zero-order valence-electron chi connectivity index (χ0n) is 10.4. The van der Waals surface area contributed by atoms with Gasteiger partial charge in [0.1, 0.15) is 11.6 Å². The minimum absolute atomic E-state index is 0.212. The highest BCUT2D eigenvalue weighted by molar-refractivity contribution is 9.10. The maximum Gasteiger partial charge on any atom is 0.142 e. The molecule has 0 saturated heterocycles. The number of halogens is 1. The van der Waals surface area contributed by atoms with Gasteiger partial charge in [-0.1, -0.05) is 28.9 Å². The molecule has 0 saturated carbocycles. The van der Waals surface area contributed by atoms with Gasteiger partial charge in [-0.05, 0) is 42.3 Å². The number of phenolic OH excluding ortho intramolecular Hbond substituents is 1. The van der Waals surface area contributed by atoms with E-state index in [9.17, 15) is 5.11 Å². The first-order valence-electron chi connectivity index (χ1n) is 6.15. The minimum atomic E-state index is 0.212. The maximum absolute atomic E-state index is 9.98. The van der Waals surface area contributed by atoms with E-state index in [4.69, 9.17) is 0 Å². The van der Waals surface area contributed by atoms with Crippen LogP contribution < -0.4 is 0 Å². The second kappa shape index (κ2) is 4.70. The molecular weight excluding hydrogens is 304 g/mol. The number of H-pyrrole nitrogens is 1.